The Labute approximate surface area is 201 Å². The smallest absolute Gasteiger partial charge is 0.223 e. The van der Waals surface area contributed by atoms with E-state index in [2.05, 4.69) is 53.2 Å². The van der Waals surface area contributed by atoms with Crippen molar-refractivity contribution in [1.29, 1.82) is 0 Å². The van der Waals surface area contributed by atoms with Crippen molar-refractivity contribution in [1.82, 2.24) is 15.1 Å². The molecule has 0 saturated carbocycles. The molecule has 6 heteroatoms. The maximum Gasteiger partial charge on any atom is 0.223 e. The fourth-order valence-electron chi connectivity index (χ4n) is 5.18. The molecule has 4 rings (SSSR count). The number of nitrogens with zero attached hydrogens (tertiary/aromatic N) is 2. The van der Waals surface area contributed by atoms with Gasteiger partial charge in [-0.25, -0.2) is 0 Å². The summed E-state index contributed by atoms with van der Waals surface area (Å²) in [6.07, 6.45) is 2.88. The van der Waals surface area contributed by atoms with Gasteiger partial charge in [0.25, 0.3) is 0 Å². The third-order valence-corrected chi connectivity index (χ3v) is 7.48. The van der Waals surface area contributed by atoms with E-state index in [0.717, 1.165) is 49.1 Å². The van der Waals surface area contributed by atoms with E-state index in [9.17, 15) is 4.79 Å². The van der Waals surface area contributed by atoms with Gasteiger partial charge in [-0.3, -0.25) is 9.69 Å². The van der Waals surface area contributed by atoms with Crippen LogP contribution in [0.15, 0.2) is 48.5 Å². The van der Waals surface area contributed by atoms with E-state index in [4.69, 9.17) is 23.2 Å². The van der Waals surface area contributed by atoms with Crippen LogP contribution in [0, 0.1) is 5.92 Å². The lowest BCUT2D eigenvalue weighted by Crippen LogP contribution is -2.59. The highest BCUT2D eigenvalue weighted by Gasteiger charge is 2.37. The zero-order chi connectivity index (χ0) is 22.7. The molecule has 2 aromatic rings. The van der Waals surface area contributed by atoms with Crippen molar-refractivity contribution in [2.24, 2.45) is 5.92 Å². The topological polar surface area (TPSA) is 35.6 Å². The van der Waals surface area contributed by atoms with Crippen LogP contribution < -0.4 is 5.32 Å². The van der Waals surface area contributed by atoms with Crippen LogP contribution in [0.2, 0.25) is 10.0 Å². The third-order valence-electron chi connectivity index (χ3n) is 6.98. The number of hydrogen-bond donors (Lipinski definition) is 1. The molecule has 0 bridgehead atoms. The number of halogens is 2. The van der Waals surface area contributed by atoms with Gasteiger partial charge in [0, 0.05) is 41.6 Å². The van der Waals surface area contributed by atoms with Crippen molar-refractivity contribution in [2.75, 3.05) is 26.2 Å². The van der Waals surface area contributed by atoms with Crippen LogP contribution in [-0.4, -0.2) is 54.0 Å². The highest BCUT2D eigenvalue weighted by Crippen LogP contribution is 2.34. The minimum absolute atomic E-state index is 0.0867. The van der Waals surface area contributed by atoms with Crippen molar-refractivity contribution in [3.05, 3.63) is 69.7 Å². The SMILES string of the molecule is C[C@@H]1CN(C(=O)CC2CCNCC2)[C@@H](C)CN1C(c1ccc(Cl)cc1)c1ccc(Cl)cc1. The molecule has 2 aliphatic heterocycles. The first-order valence-electron chi connectivity index (χ1n) is 11.7. The average molecular weight is 474 g/mol. The minimum atomic E-state index is 0.0867. The first-order valence-corrected chi connectivity index (χ1v) is 12.4. The number of carbonyl (C=O) groups is 1. The summed E-state index contributed by atoms with van der Waals surface area (Å²) in [6.45, 7) is 8.05. The predicted octanol–water partition coefficient (Wildman–Crippen LogP) is 5.39. The van der Waals surface area contributed by atoms with Crippen LogP contribution in [0.25, 0.3) is 0 Å². The van der Waals surface area contributed by atoms with Crippen molar-refractivity contribution in [2.45, 2.75) is 51.2 Å². The number of amides is 1. The second-order valence-electron chi connectivity index (χ2n) is 9.34. The van der Waals surface area contributed by atoms with E-state index in [1.165, 1.54) is 11.1 Å². The Bertz CT molecular complexity index is 851. The molecule has 1 amide bonds. The lowest BCUT2D eigenvalue weighted by atomic mass is 9.92. The van der Waals surface area contributed by atoms with Crippen molar-refractivity contribution >= 4 is 29.1 Å². The molecule has 0 aromatic heterocycles. The summed E-state index contributed by atoms with van der Waals surface area (Å²) in [5.41, 5.74) is 2.40. The van der Waals surface area contributed by atoms with E-state index < -0.39 is 0 Å². The molecule has 2 heterocycles. The van der Waals surface area contributed by atoms with Gasteiger partial charge in [-0.2, -0.15) is 0 Å². The summed E-state index contributed by atoms with van der Waals surface area (Å²) < 4.78 is 0. The molecular weight excluding hydrogens is 441 g/mol. The lowest BCUT2D eigenvalue weighted by molar-refractivity contribution is -0.139. The number of nitrogens with one attached hydrogen (secondary N) is 1. The maximum atomic E-state index is 13.2. The van der Waals surface area contributed by atoms with E-state index in [-0.39, 0.29) is 18.1 Å². The second-order valence-corrected chi connectivity index (χ2v) is 10.2. The second kappa shape index (κ2) is 10.6. The Hall–Kier alpha value is -1.59. The summed E-state index contributed by atoms with van der Waals surface area (Å²) in [5.74, 6) is 0.825. The van der Waals surface area contributed by atoms with E-state index in [1.807, 2.05) is 24.3 Å². The molecule has 0 radical (unpaired) electrons. The number of carbonyl (C=O) groups excluding carboxylic acids is 1. The van der Waals surface area contributed by atoms with Crippen LogP contribution in [0.4, 0.5) is 0 Å². The predicted molar refractivity (Wildman–Crippen MR) is 132 cm³/mol. The molecule has 0 spiro atoms. The highest BCUT2D eigenvalue weighted by atomic mass is 35.5. The molecule has 1 N–H and O–H groups in total. The summed E-state index contributed by atoms with van der Waals surface area (Å²) in [5, 5.41) is 4.86. The fraction of sp³-hybridized carbons (Fsp3) is 0.500. The van der Waals surface area contributed by atoms with Crippen LogP contribution in [-0.2, 0) is 4.79 Å². The van der Waals surface area contributed by atoms with Crippen molar-refractivity contribution in [3.63, 3.8) is 0 Å². The summed E-state index contributed by atoms with van der Waals surface area (Å²) in [7, 11) is 0. The first kappa shape index (κ1) is 23.6. The van der Waals surface area contributed by atoms with E-state index >= 15 is 0 Å². The number of piperidine rings is 1. The number of benzene rings is 2. The Kier molecular flexibility index (Phi) is 7.78. The summed E-state index contributed by atoms with van der Waals surface area (Å²) in [4.78, 5) is 17.8. The van der Waals surface area contributed by atoms with Crippen molar-refractivity contribution < 1.29 is 4.79 Å². The number of rotatable bonds is 5. The van der Waals surface area contributed by atoms with Crippen molar-refractivity contribution in [3.8, 4) is 0 Å². The zero-order valence-corrected chi connectivity index (χ0v) is 20.4. The van der Waals surface area contributed by atoms with Gasteiger partial charge in [0.2, 0.25) is 5.91 Å². The molecule has 172 valence electrons. The molecule has 32 heavy (non-hydrogen) atoms. The quantitative estimate of drug-likeness (QED) is 0.631. The van der Waals surface area contributed by atoms with Gasteiger partial charge in [-0.05, 0) is 81.1 Å². The fourth-order valence-corrected chi connectivity index (χ4v) is 5.43. The zero-order valence-electron chi connectivity index (χ0n) is 18.9. The van der Waals surface area contributed by atoms with Gasteiger partial charge in [0.1, 0.15) is 0 Å². The molecule has 2 aliphatic rings. The lowest BCUT2D eigenvalue weighted by Gasteiger charge is -2.48. The average Bonchev–Trinajstić information content (AvgIpc) is 2.79. The van der Waals surface area contributed by atoms with Gasteiger partial charge < -0.3 is 10.2 Å². The van der Waals surface area contributed by atoms with E-state index in [0.29, 0.717) is 18.2 Å². The molecule has 2 atom stereocenters. The number of piperazine rings is 1. The van der Waals surface area contributed by atoms with Gasteiger partial charge >= 0.3 is 0 Å². The molecule has 0 unspecified atom stereocenters. The molecule has 2 aromatic carbocycles. The van der Waals surface area contributed by atoms with Gasteiger partial charge in [0.05, 0.1) is 6.04 Å². The Balaban J connectivity index is 1.54. The van der Waals surface area contributed by atoms with Crippen LogP contribution in [0.5, 0.6) is 0 Å². The van der Waals surface area contributed by atoms with Crippen LogP contribution in [0.1, 0.15) is 50.3 Å². The molecule has 0 aliphatic carbocycles. The largest absolute Gasteiger partial charge is 0.337 e. The maximum absolute atomic E-state index is 13.2. The normalized spacial score (nSPS) is 23.0. The van der Waals surface area contributed by atoms with Gasteiger partial charge in [0.15, 0.2) is 0 Å². The summed E-state index contributed by atoms with van der Waals surface area (Å²) >= 11 is 12.4. The standard InChI is InChI=1S/C26H33Cl2N3O/c1-18-17-31(19(2)16-30(18)25(32)15-20-11-13-29-14-12-20)26(21-3-7-23(27)8-4-21)22-5-9-24(28)10-6-22/h3-10,18-20,26,29H,11-17H2,1-2H3/t18-,19+/m0/s1. The third kappa shape index (κ3) is 5.48. The molecule has 2 saturated heterocycles. The minimum Gasteiger partial charge on any atom is -0.337 e. The van der Waals surface area contributed by atoms with Crippen LogP contribution >= 0.6 is 23.2 Å². The van der Waals surface area contributed by atoms with Gasteiger partial charge in [-0.15, -0.1) is 0 Å². The number of hydrogen-bond acceptors (Lipinski definition) is 3. The molecule has 2 fully saturated rings. The Morgan fingerprint density at radius 2 is 1.44 bits per heavy atom. The Morgan fingerprint density at radius 1 is 0.906 bits per heavy atom. The first-order chi connectivity index (χ1) is 15.4. The monoisotopic (exact) mass is 473 g/mol. The van der Waals surface area contributed by atoms with E-state index in [1.54, 1.807) is 0 Å². The van der Waals surface area contributed by atoms with Crippen LogP contribution in [0.3, 0.4) is 0 Å². The highest BCUT2D eigenvalue weighted by molar-refractivity contribution is 6.30. The summed E-state index contributed by atoms with van der Waals surface area (Å²) in [6, 6.07) is 16.7. The Morgan fingerprint density at radius 3 is 1.97 bits per heavy atom. The molecule has 4 nitrogen and oxygen atoms in total. The van der Waals surface area contributed by atoms with Gasteiger partial charge in [-0.1, -0.05) is 47.5 Å². The molecular formula is C26H33Cl2N3O.